The van der Waals surface area contributed by atoms with E-state index in [1.807, 2.05) is 25.3 Å². The van der Waals surface area contributed by atoms with Gasteiger partial charge in [0.15, 0.2) is 6.10 Å². The molecule has 0 fully saturated rings. The van der Waals surface area contributed by atoms with Crippen molar-refractivity contribution in [3.63, 3.8) is 0 Å². The van der Waals surface area contributed by atoms with Gasteiger partial charge in [0, 0.05) is 60.3 Å². The number of halogens is 1. The number of fused-ring (bicyclic) bond motifs is 1. The topological polar surface area (TPSA) is 128 Å². The lowest BCUT2D eigenvalue weighted by Gasteiger charge is -2.20. The van der Waals surface area contributed by atoms with Gasteiger partial charge in [-0.15, -0.1) is 0 Å². The van der Waals surface area contributed by atoms with Gasteiger partial charge in [-0.1, -0.05) is 39.6 Å². The number of aromatic nitrogens is 3. The first-order valence-corrected chi connectivity index (χ1v) is 20.6. The van der Waals surface area contributed by atoms with Crippen LogP contribution in [0.4, 0.5) is 14.9 Å². The second kappa shape index (κ2) is 17.6. The van der Waals surface area contributed by atoms with Crippen molar-refractivity contribution in [1.29, 1.82) is 0 Å². The normalized spacial score (nSPS) is 12.5. The molecule has 0 aliphatic heterocycles. The van der Waals surface area contributed by atoms with E-state index in [0.29, 0.717) is 29.6 Å². The van der Waals surface area contributed by atoms with Crippen molar-refractivity contribution in [2.45, 2.75) is 85.1 Å². The molecule has 3 heterocycles. The van der Waals surface area contributed by atoms with Crippen LogP contribution in [0.2, 0.25) is 25.7 Å². The minimum absolute atomic E-state index is 0.00176. The summed E-state index contributed by atoms with van der Waals surface area (Å²) in [6, 6.07) is 4.08. The molecule has 3 aromatic heterocycles. The van der Waals surface area contributed by atoms with Gasteiger partial charge in [-0.3, -0.25) is 19.4 Å². The van der Waals surface area contributed by atoms with E-state index in [9.17, 15) is 19.2 Å². The first-order valence-electron chi connectivity index (χ1n) is 16.9. The van der Waals surface area contributed by atoms with Crippen molar-refractivity contribution >= 4 is 42.7 Å². The number of aryl methyl sites for hydroxylation is 1. The van der Waals surface area contributed by atoms with E-state index in [-0.39, 0.29) is 49.4 Å². The van der Waals surface area contributed by atoms with Crippen LogP contribution in [0, 0.1) is 18.7 Å². The van der Waals surface area contributed by atoms with Gasteiger partial charge in [-0.25, -0.2) is 9.18 Å². The molecule has 0 aliphatic carbocycles. The maximum absolute atomic E-state index is 15.3. The standard InChI is InChI=1S/C36H53FN6O6Si/c1-24(2)20-26-27(37)21-38-32-25(3)29(43(33(26)32)23-48-18-19-50(8,9)10)22-42-17-13-14-28(35(42)46)39-34(45)30(49-36(47)41(6)7)15-11-12-16-31(44)40(4)5/h12-14,16-17,21,24,30H,11,15,18-20,22-23H2,1-10H3,(H,39,45)/b16-12+/t30-/m0/s1. The molecule has 14 heteroatoms. The summed E-state index contributed by atoms with van der Waals surface area (Å²) in [4.78, 5) is 58.6. The Bertz CT molecular complexity index is 1760. The van der Waals surface area contributed by atoms with Crippen LogP contribution in [0.5, 0.6) is 0 Å². The largest absolute Gasteiger partial charge is 0.436 e. The third-order valence-corrected chi connectivity index (χ3v) is 9.82. The molecular formula is C36H53FN6O6Si. The molecule has 12 nitrogen and oxygen atoms in total. The number of hydrogen-bond donors (Lipinski definition) is 1. The number of amides is 3. The molecule has 1 atom stereocenters. The van der Waals surface area contributed by atoms with Crippen LogP contribution in [0.25, 0.3) is 11.0 Å². The predicted molar refractivity (Wildman–Crippen MR) is 197 cm³/mol. The van der Waals surface area contributed by atoms with E-state index in [4.69, 9.17) is 9.47 Å². The molecule has 0 radical (unpaired) electrons. The van der Waals surface area contributed by atoms with Crippen molar-refractivity contribution in [3.8, 4) is 0 Å². The molecular weight excluding hydrogens is 660 g/mol. The summed E-state index contributed by atoms with van der Waals surface area (Å²) >= 11 is 0. The molecule has 0 aromatic carbocycles. The van der Waals surface area contributed by atoms with Crippen LogP contribution < -0.4 is 10.9 Å². The van der Waals surface area contributed by atoms with Gasteiger partial charge in [0.2, 0.25) is 5.91 Å². The fourth-order valence-electron chi connectivity index (χ4n) is 5.22. The summed E-state index contributed by atoms with van der Waals surface area (Å²) in [5, 5.41) is 2.64. The van der Waals surface area contributed by atoms with Gasteiger partial charge in [0.1, 0.15) is 18.2 Å². The van der Waals surface area contributed by atoms with E-state index in [1.54, 1.807) is 32.4 Å². The van der Waals surface area contributed by atoms with Gasteiger partial charge >= 0.3 is 6.09 Å². The minimum atomic E-state index is -1.36. The number of likely N-dealkylation sites (N-methyl/N-ethyl adjacent to an activating group) is 1. The Morgan fingerprint density at radius 3 is 2.44 bits per heavy atom. The third-order valence-electron chi connectivity index (χ3n) is 8.11. The summed E-state index contributed by atoms with van der Waals surface area (Å²) < 4.78 is 30.3. The SMILES string of the molecule is Cc1c(Cn2cccc(NC(=O)[C@H](CC/C=C/C(=O)N(C)C)OC(=O)N(C)C)c2=O)n(COCC[Si](C)(C)C)c2c(CC(C)C)c(F)cnc12. The van der Waals surface area contributed by atoms with Crippen LogP contribution in [-0.2, 0) is 38.8 Å². The van der Waals surface area contributed by atoms with Gasteiger partial charge < -0.3 is 33.7 Å². The maximum atomic E-state index is 15.3. The monoisotopic (exact) mass is 712 g/mol. The molecule has 0 spiro atoms. The van der Waals surface area contributed by atoms with Crippen molar-refractivity contribution in [2.24, 2.45) is 5.92 Å². The third kappa shape index (κ3) is 10.8. The van der Waals surface area contributed by atoms with Gasteiger partial charge in [-0.2, -0.15) is 0 Å². The average molecular weight is 713 g/mol. The summed E-state index contributed by atoms with van der Waals surface area (Å²) in [5.74, 6) is -1.09. The molecule has 0 bridgehead atoms. The van der Waals surface area contributed by atoms with Gasteiger partial charge in [0.05, 0.1) is 23.8 Å². The number of carbonyl (C=O) groups is 3. The molecule has 3 aromatic rings. The van der Waals surface area contributed by atoms with Crippen LogP contribution in [0.3, 0.4) is 0 Å². The summed E-state index contributed by atoms with van der Waals surface area (Å²) in [6.45, 7) is 13.6. The Kier molecular flexibility index (Phi) is 14.1. The fourth-order valence-corrected chi connectivity index (χ4v) is 5.98. The highest BCUT2D eigenvalue weighted by molar-refractivity contribution is 6.76. The smallest absolute Gasteiger partial charge is 0.410 e. The number of hydrogen-bond acceptors (Lipinski definition) is 7. The van der Waals surface area contributed by atoms with Crippen LogP contribution in [-0.4, -0.2) is 90.8 Å². The number of nitrogens with zero attached hydrogens (tertiary/aromatic N) is 5. The molecule has 50 heavy (non-hydrogen) atoms. The van der Waals surface area contributed by atoms with Crippen molar-refractivity contribution < 1.29 is 28.2 Å². The lowest BCUT2D eigenvalue weighted by molar-refractivity contribution is -0.125. The lowest BCUT2D eigenvalue weighted by Crippen LogP contribution is -2.37. The van der Waals surface area contributed by atoms with Crippen LogP contribution in [0.1, 0.15) is 43.5 Å². The second-order valence-corrected chi connectivity index (χ2v) is 20.2. The zero-order valence-electron chi connectivity index (χ0n) is 31.1. The molecule has 3 rings (SSSR count). The molecule has 0 saturated heterocycles. The Morgan fingerprint density at radius 2 is 1.82 bits per heavy atom. The average Bonchev–Trinajstić information content (AvgIpc) is 3.29. The Morgan fingerprint density at radius 1 is 1.12 bits per heavy atom. The van der Waals surface area contributed by atoms with Crippen molar-refractivity contribution in [2.75, 3.05) is 40.1 Å². The van der Waals surface area contributed by atoms with Gasteiger partial charge in [-0.05, 0) is 61.9 Å². The quantitative estimate of drug-likeness (QED) is 0.116. The maximum Gasteiger partial charge on any atom is 0.410 e. The predicted octanol–water partition coefficient (Wildman–Crippen LogP) is 5.63. The lowest BCUT2D eigenvalue weighted by atomic mass is 10.0. The Labute approximate surface area is 295 Å². The number of allylic oxidation sites excluding steroid dienone is 1. The fraction of sp³-hybridized carbons (Fsp3) is 0.528. The first kappa shape index (κ1) is 40.1. The van der Waals surface area contributed by atoms with Crippen LogP contribution in [0.15, 0.2) is 41.5 Å². The Hall–Kier alpha value is -4.30. The van der Waals surface area contributed by atoms with Crippen LogP contribution >= 0.6 is 0 Å². The van der Waals surface area contributed by atoms with E-state index in [1.165, 1.54) is 46.8 Å². The number of anilines is 1. The highest BCUT2D eigenvalue weighted by Gasteiger charge is 2.26. The Balaban J connectivity index is 1.97. The first-order chi connectivity index (χ1) is 23.4. The number of carbonyl (C=O) groups excluding carboxylic acids is 3. The van der Waals surface area contributed by atoms with Crippen molar-refractivity contribution in [3.05, 3.63) is 69.7 Å². The van der Waals surface area contributed by atoms with Gasteiger partial charge in [0.25, 0.3) is 11.5 Å². The molecule has 0 saturated carbocycles. The zero-order chi connectivity index (χ0) is 37.3. The molecule has 0 aliphatic rings. The molecule has 3 amide bonds. The number of pyridine rings is 2. The molecule has 1 N–H and O–H groups in total. The summed E-state index contributed by atoms with van der Waals surface area (Å²) in [7, 11) is 4.88. The highest BCUT2D eigenvalue weighted by atomic mass is 28.3. The summed E-state index contributed by atoms with van der Waals surface area (Å²) in [6.07, 6.45) is 4.77. The minimum Gasteiger partial charge on any atom is -0.436 e. The number of ether oxygens (including phenoxy) is 2. The molecule has 0 unspecified atom stereocenters. The second-order valence-electron chi connectivity index (χ2n) is 14.6. The van der Waals surface area contributed by atoms with Crippen molar-refractivity contribution in [1.82, 2.24) is 23.9 Å². The van der Waals surface area contributed by atoms with E-state index in [2.05, 4.69) is 29.9 Å². The van der Waals surface area contributed by atoms with E-state index in [0.717, 1.165) is 17.3 Å². The number of rotatable bonds is 16. The molecule has 274 valence electrons. The highest BCUT2D eigenvalue weighted by Crippen LogP contribution is 2.31. The zero-order valence-corrected chi connectivity index (χ0v) is 32.1. The van der Waals surface area contributed by atoms with E-state index < -0.39 is 31.7 Å². The van der Waals surface area contributed by atoms with E-state index >= 15 is 4.39 Å². The summed E-state index contributed by atoms with van der Waals surface area (Å²) in [5.41, 5.74) is 2.92. The number of nitrogens with one attached hydrogen (secondary N) is 1.